The van der Waals surface area contributed by atoms with Crippen molar-refractivity contribution in [3.8, 4) is 11.8 Å². The van der Waals surface area contributed by atoms with E-state index in [-0.39, 0.29) is 6.54 Å². The maximum atomic E-state index is 10.7. The molecule has 0 unspecified atom stereocenters. The van der Waals surface area contributed by atoms with E-state index < -0.39 is 5.91 Å². The maximum Gasteiger partial charge on any atom is 0.322 e. The Bertz CT molecular complexity index is 455. The number of amides is 1. The molecule has 1 aromatic carbocycles. The first-order valence-electron chi connectivity index (χ1n) is 4.28. The molecule has 0 atom stereocenters. The number of carbonyl (C=O) groups excluding carboxylic acids is 1. The fourth-order valence-corrected chi connectivity index (χ4v) is 1.56. The number of halogens is 2. The van der Waals surface area contributed by atoms with Gasteiger partial charge in [0.1, 0.15) is 5.75 Å². The predicted molar refractivity (Wildman–Crippen MR) is 60.5 cm³/mol. The molecular formula is C10H8Cl2N2O2. The summed E-state index contributed by atoms with van der Waals surface area (Å²) in [7, 11) is 1.48. The Morgan fingerprint density at radius 3 is 2.75 bits per heavy atom. The summed E-state index contributed by atoms with van der Waals surface area (Å²) in [6.45, 7) is 0.148. The van der Waals surface area contributed by atoms with Crippen molar-refractivity contribution in [2.75, 3.05) is 7.11 Å². The first-order chi connectivity index (χ1) is 7.58. The molecule has 0 heterocycles. The van der Waals surface area contributed by atoms with Crippen LogP contribution in [0.25, 0.3) is 0 Å². The number of ether oxygens (including phenoxy) is 1. The van der Waals surface area contributed by atoms with Crippen LogP contribution in [-0.4, -0.2) is 13.0 Å². The highest BCUT2D eigenvalue weighted by Gasteiger charge is 2.08. The standard InChI is InChI=1S/C10H8Cl2N2O2/c1-16-9-3-7(11)6(2-8(9)12)5-14-10(15)4-13/h2-3H,5H2,1H3,(H,14,15). The van der Waals surface area contributed by atoms with E-state index in [4.69, 9.17) is 33.2 Å². The number of nitrogens with one attached hydrogen (secondary N) is 1. The number of nitriles is 1. The molecule has 0 aromatic heterocycles. The van der Waals surface area contributed by atoms with E-state index in [2.05, 4.69) is 5.32 Å². The van der Waals surface area contributed by atoms with Crippen LogP contribution < -0.4 is 10.1 Å². The summed E-state index contributed by atoms with van der Waals surface area (Å²) in [5, 5.41) is 11.5. The van der Waals surface area contributed by atoms with Crippen molar-refractivity contribution in [3.63, 3.8) is 0 Å². The highest BCUT2D eigenvalue weighted by molar-refractivity contribution is 6.34. The van der Waals surface area contributed by atoms with E-state index in [0.717, 1.165) is 0 Å². The summed E-state index contributed by atoms with van der Waals surface area (Å²) in [5.41, 5.74) is 0.621. The molecule has 0 saturated carbocycles. The fraction of sp³-hybridized carbons (Fsp3) is 0.200. The minimum atomic E-state index is -0.719. The van der Waals surface area contributed by atoms with Gasteiger partial charge in [0, 0.05) is 17.6 Å². The van der Waals surface area contributed by atoms with Crippen LogP contribution in [0.5, 0.6) is 5.75 Å². The van der Waals surface area contributed by atoms with Gasteiger partial charge in [0.15, 0.2) is 6.07 Å². The molecule has 1 aromatic rings. The number of hydrogen-bond donors (Lipinski definition) is 1. The van der Waals surface area contributed by atoms with Crippen LogP contribution >= 0.6 is 23.2 Å². The van der Waals surface area contributed by atoms with E-state index in [1.165, 1.54) is 13.2 Å². The SMILES string of the molecule is COc1cc(Cl)c(CNC(=O)C#N)cc1Cl. The van der Waals surface area contributed by atoms with Crippen LogP contribution in [0.4, 0.5) is 0 Å². The zero-order chi connectivity index (χ0) is 12.1. The van der Waals surface area contributed by atoms with Gasteiger partial charge in [0.05, 0.1) is 12.1 Å². The minimum Gasteiger partial charge on any atom is -0.495 e. The molecule has 84 valence electrons. The third kappa shape index (κ3) is 3.02. The second kappa shape index (κ2) is 5.59. The van der Waals surface area contributed by atoms with Gasteiger partial charge in [0.2, 0.25) is 0 Å². The first kappa shape index (κ1) is 12.6. The summed E-state index contributed by atoms with van der Waals surface area (Å²) in [4.78, 5) is 10.7. The van der Waals surface area contributed by atoms with Crippen molar-refractivity contribution in [2.45, 2.75) is 6.54 Å². The Morgan fingerprint density at radius 2 is 2.19 bits per heavy atom. The second-order valence-corrected chi connectivity index (χ2v) is 3.69. The van der Waals surface area contributed by atoms with Crippen molar-refractivity contribution in [1.29, 1.82) is 5.26 Å². The molecule has 1 rings (SSSR count). The van der Waals surface area contributed by atoms with Gasteiger partial charge in [0.25, 0.3) is 0 Å². The second-order valence-electron chi connectivity index (χ2n) is 2.87. The Labute approximate surface area is 103 Å². The average molecular weight is 259 g/mol. The molecular weight excluding hydrogens is 251 g/mol. The van der Waals surface area contributed by atoms with Gasteiger partial charge in [-0.05, 0) is 11.6 Å². The highest BCUT2D eigenvalue weighted by Crippen LogP contribution is 2.30. The van der Waals surface area contributed by atoms with Gasteiger partial charge in [-0.25, -0.2) is 0 Å². The largest absolute Gasteiger partial charge is 0.495 e. The molecule has 1 amide bonds. The van der Waals surface area contributed by atoms with E-state index in [9.17, 15) is 4.79 Å². The number of nitrogens with zero attached hydrogens (tertiary/aromatic N) is 1. The van der Waals surface area contributed by atoms with Gasteiger partial charge >= 0.3 is 5.91 Å². The topological polar surface area (TPSA) is 62.1 Å². The van der Waals surface area contributed by atoms with E-state index in [1.54, 1.807) is 12.1 Å². The molecule has 16 heavy (non-hydrogen) atoms. The Morgan fingerprint density at radius 1 is 1.50 bits per heavy atom. The average Bonchev–Trinajstić information content (AvgIpc) is 2.29. The zero-order valence-corrected chi connectivity index (χ0v) is 9.89. The number of carbonyl (C=O) groups is 1. The molecule has 4 nitrogen and oxygen atoms in total. The molecule has 0 aliphatic carbocycles. The molecule has 0 saturated heterocycles. The first-order valence-corrected chi connectivity index (χ1v) is 5.04. The van der Waals surface area contributed by atoms with Crippen molar-refractivity contribution in [3.05, 3.63) is 27.7 Å². The van der Waals surface area contributed by atoms with Crippen LogP contribution in [0.15, 0.2) is 12.1 Å². The number of hydrogen-bond acceptors (Lipinski definition) is 3. The minimum absolute atomic E-state index is 0.148. The van der Waals surface area contributed by atoms with Gasteiger partial charge < -0.3 is 10.1 Å². The monoisotopic (exact) mass is 258 g/mol. The summed E-state index contributed by atoms with van der Waals surface area (Å²) >= 11 is 11.8. The quantitative estimate of drug-likeness (QED) is 0.846. The smallest absolute Gasteiger partial charge is 0.322 e. The van der Waals surface area contributed by atoms with E-state index in [0.29, 0.717) is 21.4 Å². The van der Waals surface area contributed by atoms with Crippen LogP contribution in [0.3, 0.4) is 0 Å². The Kier molecular flexibility index (Phi) is 4.41. The van der Waals surface area contributed by atoms with Gasteiger partial charge in [-0.3, -0.25) is 4.79 Å². The Balaban J connectivity index is 2.86. The molecule has 0 radical (unpaired) electrons. The van der Waals surface area contributed by atoms with Gasteiger partial charge in [-0.15, -0.1) is 0 Å². The van der Waals surface area contributed by atoms with Gasteiger partial charge in [-0.1, -0.05) is 23.2 Å². The van der Waals surface area contributed by atoms with Crippen LogP contribution in [0, 0.1) is 11.3 Å². The van der Waals surface area contributed by atoms with Crippen molar-refractivity contribution in [1.82, 2.24) is 5.32 Å². The number of benzene rings is 1. The van der Waals surface area contributed by atoms with E-state index in [1.807, 2.05) is 0 Å². The van der Waals surface area contributed by atoms with Gasteiger partial charge in [-0.2, -0.15) is 5.26 Å². The molecule has 0 fully saturated rings. The van der Waals surface area contributed by atoms with Crippen molar-refractivity contribution < 1.29 is 9.53 Å². The number of rotatable bonds is 3. The van der Waals surface area contributed by atoms with Crippen molar-refractivity contribution >= 4 is 29.1 Å². The van der Waals surface area contributed by atoms with Crippen LogP contribution in [0.1, 0.15) is 5.56 Å². The predicted octanol–water partition coefficient (Wildman–Crippen LogP) is 2.14. The summed E-state index contributed by atoms with van der Waals surface area (Å²) in [6, 6.07) is 4.58. The fourth-order valence-electron chi connectivity index (χ4n) is 1.08. The lowest BCUT2D eigenvalue weighted by molar-refractivity contribution is -0.116. The highest BCUT2D eigenvalue weighted by atomic mass is 35.5. The Hall–Kier alpha value is -1.44. The summed E-state index contributed by atoms with van der Waals surface area (Å²) in [5.74, 6) is -0.259. The third-order valence-corrected chi connectivity index (χ3v) is 2.51. The van der Waals surface area contributed by atoms with Crippen molar-refractivity contribution in [2.24, 2.45) is 0 Å². The van der Waals surface area contributed by atoms with E-state index >= 15 is 0 Å². The van der Waals surface area contributed by atoms with Crippen LogP contribution in [0.2, 0.25) is 10.0 Å². The summed E-state index contributed by atoms with van der Waals surface area (Å²) < 4.78 is 4.97. The lowest BCUT2D eigenvalue weighted by atomic mass is 10.2. The maximum absolute atomic E-state index is 10.7. The zero-order valence-electron chi connectivity index (χ0n) is 8.38. The van der Waals surface area contributed by atoms with Crippen LogP contribution in [-0.2, 0) is 11.3 Å². The normalized spacial score (nSPS) is 9.38. The molecule has 0 aliphatic rings. The molecule has 6 heteroatoms. The molecule has 0 spiro atoms. The molecule has 0 bridgehead atoms. The lowest BCUT2D eigenvalue weighted by Crippen LogP contribution is -2.20. The number of methoxy groups -OCH3 is 1. The summed E-state index contributed by atoms with van der Waals surface area (Å²) in [6.07, 6.45) is 0. The lowest BCUT2D eigenvalue weighted by Gasteiger charge is -2.08. The molecule has 0 aliphatic heterocycles. The third-order valence-electron chi connectivity index (χ3n) is 1.86. The molecule has 1 N–H and O–H groups in total.